The number of hydroxylamine groups is 1. The average Bonchev–Trinajstić information content (AvgIpc) is 3.49. The van der Waals surface area contributed by atoms with Gasteiger partial charge in [-0.05, 0) is 30.5 Å². The predicted molar refractivity (Wildman–Crippen MR) is 170 cm³/mol. The summed E-state index contributed by atoms with van der Waals surface area (Å²) in [5.41, 5.74) is 5.48. The second kappa shape index (κ2) is 18.9. The summed E-state index contributed by atoms with van der Waals surface area (Å²) in [5, 5.41) is 8.24. The zero-order valence-corrected chi connectivity index (χ0v) is 27.1. The molecule has 1 aromatic carbocycles. The van der Waals surface area contributed by atoms with Gasteiger partial charge in [0.15, 0.2) is 6.29 Å². The Morgan fingerprint density at radius 3 is 2.33 bits per heavy atom. The molecule has 0 fully saturated rings. The maximum Gasteiger partial charge on any atom is 0.262 e. The first kappa shape index (κ1) is 36.6. The first-order valence-corrected chi connectivity index (χ1v) is 15.9. The predicted octanol–water partition coefficient (Wildman–Crippen LogP) is 5.36. The van der Waals surface area contributed by atoms with Gasteiger partial charge in [-0.25, -0.2) is 15.0 Å². The molecule has 1 N–H and O–H groups in total. The molecule has 0 aliphatic heterocycles. The lowest BCUT2D eigenvalue weighted by Crippen LogP contribution is -2.49. The highest BCUT2D eigenvalue weighted by atomic mass is 32.2. The number of ether oxygens (including phenoxy) is 1. The lowest BCUT2D eigenvalue weighted by Gasteiger charge is -2.27. The van der Waals surface area contributed by atoms with Crippen LogP contribution < -0.4 is 11.0 Å². The zero-order valence-electron chi connectivity index (χ0n) is 26.3. The number of rotatable bonds is 14. The number of hydrogen-bond donors (Lipinski definition) is 1. The van der Waals surface area contributed by atoms with Crippen LogP contribution in [0.3, 0.4) is 0 Å². The van der Waals surface area contributed by atoms with Gasteiger partial charge in [0.1, 0.15) is 10.4 Å². The van der Waals surface area contributed by atoms with Crippen molar-refractivity contribution in [2.75, 3.05) is 13.4 Å². The fraction of sp³-hybridized carbons (Fsp3) is 0.484. The van der Waals surface area contributed by atoms with Crippen LogP contribution in [0.25, 0.3) is 22.4 Å². The number of aromatic nitrogens is 4. The third-order valence-electron chi connectivity index (χ3n) is 6.38. The first-order chi connectivity index (χ1) is 20.2. The van der Waals surface area contributed by atoms with Gasteiger partial charge in [0, 0.05) is 55.0 Å². The normalized spacial score (nSPS) is 13.3. The molecule has 3 aromatic rings. The van der Waals surface area contributed by atoms with Gasteiger partial charge in [-0.2, -0.15) is 0 Å². The van der Waals surface area contributed by atoms with Crippen LogP contribution in [0.15, 0.2) is 66.2 Å². The van der Waals surface area contributed by atoms with Crippen molar-refractivity contribution in [1.82, 2.24) is 25.0 Å². The van der Waals surface area contributed by atoms with Crippen molar-refractivity contribution < 1.29 is 18.6 Å². The maximum atomic E-state index is 12.9. The summed E-state index contributed by atoms with van der Waals surface area (Å²) in [6, 6.07) is 11.1. The van der Waals surface area contributed by atoms with Gasteiger partial charge in [0.05, 0.1) is 12.7 Å². The van der Waals surface area contributed by atoms with Crippen LogP contribution in [0.2, 0.25) is 0 Å². The second-order valence-corrected chi connectivity index (χ2v) is 10.9. The molecule has 3 unspecified atom stereocenters. The number of carbonyl (C=O) groups excluding carboxylic acids is 1. The molecule has 11 heteroatoms. The van der Waals surface area contributed by atoms with Crippen molar-refractivity contribution in [3.63, 3.8) is 0 Å². The molecule has 3 atom stereocenters. The van der Waals surface area contributed by atoms with Gasteiger partial charge in [-0.15, -0.1) is 11.7 Å². The van der Waals surface area contributed by atoms with Gasteiger partial charge in [0.2, 0.25) is 0 Å². The van der Waals surface area contributed by atoms with Crippen molar-refractivity contribution in [2.45, 2.75) is 84.9 Å². The monoisotopic (exact) mass is 601 g/mol. The maximum absolute atomic E-state index is 12.9. The Kier molecular flexibility index (Phi) is 16.5. The molecule has 42 heavy (non-hydrogen) atoms. The minimum Gasteiger partial charge on any atom is -0.354 e. The van der Waals surface area contributed by atoms with Crippen LogP contribution in [-0.2, 0) is 38.3 Å². The third kappa shape index (κ3) is 10.1. The molecule has 0 saturated carbocycles. The number of aryl methyl sites for hydroxylation is 1. The average molecular weight is 602 g/mol. The van der Waals surface area contributed by atoms with Gasteiger partial charge < -0.3 is 9.30 Å². The SMILES string of the molecule is C=CCn1cc(-c2ccc(-c3ccn(CCC(C)(C(=O)NOC(CCC)OC)S(C)=O)c(=O)c3)cc2)nn1.CC.CC. The van der Waals surface area contributed by atoms with E-state index in [9.17, 15) is 13.8 Å². The van der Waals surface area contributed by atoms with Crippen LogP contribution in [0.5, 0.6) is 0 Å². The van der Waals surface area contributed by atoms with Crippen molar-refractivity contribution in [2.24, 2.45) is 0 Å². The summed E-state index contributed by atoms with van der Waals surface area (Å²) in [4.78, 5) is 31.1. The van der Waals surface area contributed by atoms with Crippen molar-refractivity contribution in [3.05, 3.63) is 71.8 Å². The van der Waals surface area contributed by atoms with Crippen LogP contribution >= 0.6 is 0 Å². The van der Waals surface area contributed by atoms with E-state index in [1.165, 1.54) is 17.9 Å². The standard InChI is InChI=1S/C27H35N5O5S.2C2H6/c1-6-8-25(36-4)37-29-26(34)27(3,38(5)35)14-17-31-16-13-22(18-24(31)33)20-9-11-21(12-10-20)23-19-32(15-7-2)30-28-23;2*1-2/h7,9-13,16,18-19,25H,2,6,8,14-15,17H2,1,3-5H3,(H,29,34);2*1-2H3. The molecule has 0 aliphatic rings. The smallest absolute Gasteiger partial charge is 0.262 e. The highest BCUT2D eigenvalue weighted by Gasteiger charge is 2.38. The van der Waals surface area contributed by atoms with Gasteiger partial charge in [-0.1, -0.05) is 76.6 Å². The summed E-state index contributed by atoms with van der Waals surface area (Å²) >= 11 is 0. The van der Waals surface area contributed by atoms with Gasteiger partial charge in [0.25, 0.3) is 11.5 Å². The Morgan fingerprint density at radius 2 is 1.79 bits per heavy atom. The fourth-order valence-corrected chi connectivity index (χ4v) is 4.45. The second-order valence-electron chi connectivity index (χ2n) is 9.08. The van der Waals surface area contributed by atoms with E-state index in [0.717, 1.165) is 28.8 Å². The minimum absolute atomic E-state index is 0.178. The van der Waals surface area contributed by atoms with E-state index in [1.807, 2.05) is 71.1 Å². The molecule has 1 amide bonds. The van der Waals surface area contributed by atoms with Crippen LogP contribution in [0.1, 0.15) is 60.8 Å². The van der Waals surface area contributed by atoms with Crippen molar-refractivity contribution in [1.29, 1.82) is 0 Å². The number of pyridine rings is 1. The molecular weight excluding hydrogens is 554 g/mol. The molecule has 0 saturated heterocycles. The van der Waals surface area contributed by atoms with Gasteiger partial charge >= 0.3 is 0 Å². The number of nitrogens with one attached hydrogen (secondary N) is 1. The van der Waals surface area contributed by atoms with E-state index in [4.69, 9.17) is 9.57 Å². The molecule has 0 bridgehead atoms. The highest BCUT2D eigenvalue weighted by molar-refractivity contribution is 7.86. The molecule has 0 radical (unpaired) electrons. The van der Waals surface area contributed by atoms with Crippen molar-refractivity contribution in [3.8, 4) is 22.4 Å². The van der Waals surface area contributed by atoms with E-state index < -0.39 is 27.7 Å². The molecule has 0 spiro atoms. The summed E-state index contributed by atoms with van der Waals surface area (Å²) in [6.45, 7) is 16.1. The quantitative estimate of drug-likeness (QED) is 0.150. The van der Waals surface area contributed by atoms with Crippen LogP contribution in [-0.4, -0.2) is 54.1 Å². The number of hydrogen-bond acceptors (Lipinski definition) is 7. The topological polar surface area (TPSA) is 117 Å². The molecular formula is C31H47N5O5S. The van der Waals surface area contributed by atoms with E-state index in [2.05, 4.69) is 22.4 Å². The number of carbonyl (C=O) groups is 1. The highest BCUT2D eigenvalue weighted by Crippen LogP contribution is 2.24. The molecule has 3 rings (SSSR count). The number of amides is 1. The van der Waals surface area contributed by atoms with E-state index in [-0.39, 0.29) is 18.5 Å². The molecule has 232 valence electrons. The summed E-state index contributed by atoms with van der Waals surface area (Å²) in [5.74, 6) is -0.522. The Labute approximate surface area is 252 Å². The number of nitrogens with zero attached hydrogens (tertiary/aromatic N) is 4. The Hall–Kier alpha value is -3.41. The number of allylic oxidation sites excluding steroid dienone is 1. The summed E-state index contributed by atoms with van der Waals surface area (Å²) < 4.78 is 19.6. The van der Waals surface area contributed by atoms with E-state index in [1.54, 1.807) is 29.9 Å². The van der Waals surface area contributed by atoms with Crippen LogP contribution in [0.4, 0.5) is 0 Å². The summed E-state index contributed by atoms with van der Waals surface area (Å²) in [6.07, 6.45) is 7.75. The lowest BCUT2D eigenvalue weighted by atomic mass is 10.0. The third-order valence-corrected chi connectivity index (χ3v) is 8.04. The Balaban J connectivity index is 0.00000211. The Bertz CT molecular complexity index is 1320. The van der Waals surface area contributed by atoms with E-state index in [0.29, 0.717) is 13.0 Å². The minimum atomic E-state index is -1.52. The van der Waals surface area contributed by atoms with Gasteiger partial charge in [-0.3, -0.25) is 13.8 Å². The molecule has 2 aromatic heterocycles. The fourth-order valence-electron chi connectivity index (χ4n) is 3.77. The van der Waals surface area contributed by atoms with Crippen molar-refractivity contribution >= 4 is 16.7 Å². The number of methoxy groups -OCH3 is 1. The van der Waals surface area contributed by atoms with Crippen LogP contribution in [0, 0.1) is 0 Å². The lowest BCUT2D eigenvalue weighted by molar-refractivity contribution is -0.181. The zero-order chi connectivity index (χ0) is 31.7. The molecule has 0 aliphatic carbocycles. The number of benzene rings is 1. The Morgan fingerprint density at radius 1 is 1.14 bits per heavy atom. The first-order valence-electron chi connectivity index (χ1n) is 14.4. The largest absolute Gasteiger partial charge is 0.354 e. The van der Waals surface area contributed by atoms with E-state index >= 15 is 0 Å². The summed E-state index contributed by atoms with van der Waals surface area (Å²) in [7, 11) is -0.0246. The molecule has 10 nitrogen and oxygen atoms in total. The molecule has 2 heterocycles.